The number of nitriles is 1. The van der Waals surface area contributed by atoms with Crippen LogP contribution in [0.15, 0.2) is 64.6 Å². The average molecular weight is 658 g/mol. The van der Waals surface area contributed by atoms with Crippen LogP contribution in [0.1, 0.15) is 11.1 Å². The number of amides is 1. The van der Waals surface area contributed by atoms with Crippen LogP contribution in [-0.4, -0.2) is 13.0 Å². The number of carbonyl (C=O) groups is 1. The molecule has 3 aromatic carbocycles. The fourth-order valence-corrected chi connectivity index (χ4v) is 3.91. The number of methoxy groups -OCH3 is 1. The van der Waals surface area contributed by atoms with Gasteiger partial charge in [-0.1, -0.05) is 57.3 Å². The average Bonchev–Trinajstić information content (AvgIpc) is 2.81. The van der Waals surface area contributed by atoms with Crippen molar-refractivity contribution in [2.24, 2.45) is 0 Å². The van der Waals surface area contributed by atoms with Gasteiger partial charge in [-0.3, -0.25) is 4.79 Å². The Morgan fingerprint density at radius 2 is 1.91 bits per heavy atom. The van der Waals surface area contributed by atoms with Gasteiger partial charge in [-0.2, -0.15) is 5.26 Å². The fraction of sp³-hybridized carbons (Fsp3) is 0.0833. The van der Waals surface area contributed by atoms with Crippen LogP contribution in [0.4, 0.5) is 5.69 Å². The highest BCUT2D eigenvalue weighted by molar-refractivity contribution is 14.1. The monoisotopic (exact) mass is 656 g/mol. The molecule has 0 aliphatic heterocycles. The second-order valence-corrected chi connectivity index (χ2v) is 9.55. The number of nitrogens with one attached hydrogen (secondary N) is 1. The minimum atomic E-state index is -0.619. The Balaban J connectivity index is 1.83. The van der Waals surface area contributed by atoms with Crippen molar-refractivity contribution >= 4 is 79.4 Å². The Morgan fingerprint density at radius 3 is 2.58 bits per heavy atom. The van der Waals surface area contributed by atoms with Crippen molar-refractivity contribution in [3.05, 3.63) is 89.4 Å². The summed E-state index contributed by atoms with van der Waals surface area (Å²) in [5.74, 6) is 0.367. The predicted octanol–water partition coefficient (Wildman–Crippen LogP) is 7.49. The molecule has 1 amide bonds. The summed E-state index contributed by atoms with van der Waals surface area (Å²) in [6, 6.07) is 18.2. The van der Waals surface area contributed by atoms with Crippen LogP contribution in [0, 0.1) is 14.9 Å². The summed E-state index contributed by atoms with van der Waals surface area (Å²) in [5.41, 5.74) is 1.77. The van der Waals surface area contributed by atoms with Crippen molar-refractivity contribution in [1.82, 2.24) is 0 Å². The first-order chi connectivity index (χ1) is 15.8. The number of benzene rings is 3. The normalized spacial score (nSPS) is 11.0. The largest absolute Gasteiger partial charge is 0.493 e. The van der Waals surface area contributed by atoms with Gasteiger partial charge < -0.3 is 14.8 Å². The lowest BCUT2D eigenvalue weighted by Gasteiger charge is -2.13. The summed E-state index contributed by atoms with van der Waals surface area (Å²) in [6.07, 6.45) is 1.45. The van der Waals surface area contributed by atoms with Gasteiger partial charge in [0, 0.05) is 8.04 Å². The lowest BCUT2D eigenvalue weighted by molar-refractivity contribution is -0.112. The number of carbonyl (C=O) groups excluding carboxylic acids is 1. The first-order valence-electron chi connectivity index (χ1n) is 9.44. The number of halogens is 4. The van der Waals surface area contributed by atoms with Crippen LogP contribution in [-0.2, 0) is 11.4 Å². The zero-order valence-corrected chi connectivity index (χ0v) is 22.4. The van der Waals surface area contributed by atoms with E-state index in [2.05, 4.69) is 43.8 Å². The summed E-state index contributed by atoms with van der Waals surface area (Å²) in [5, 5.41) is 12.7. The summed E-state index contributed by atoms with van der Waals surface area (Å²) in [6.45, 7) is 0.362. The maximum absolute atomic E-state index is 12.7. The topological polar surface area (TPSA) is 71.3 Å². The van der Waals surface area contributed by atoms with Gasteiger partial charge in [-0.15, -0.1) is 0 Å². The van der Waals surface area contributed by atoms with Gasteiger partial charge in [0.25, 0.3) is 5.91 Å². The van der Waals surface area contributed by atoms with Crippen LogP contribution >= 0.6 is 61.7 Å². The molecule has 0 fully saturated rings. The van der Waals surface area contributed by atoms with E-state index in [-0.39, 0.29) is 10.6 Å². The quantitative estimate of drug-likeness (QED) is 0.162. The highest BCUT2D eigenvalue weighted by atomic mass is 127. The Kier molecular flexibility index (Phi) is 9.03. The lowest BCUT2D eigenvalue weighted by atomic mass is 10.1. The van der Waals surface area contributed by atoms with E-state index in [1.165, 1.54) is 13.2 Å². The summed E-state index contributed by atoms with van der Waals surface area (Å²) in [4.78, 5) is 12.7. The van der Waals surface area contributed by atoms with Crippen LogP contribution in [0.3, 0.4) is 0 Å². The van der Waals surface area contributed by atoms with Gasteiger partial charge in [0.15, 0.2) is 11.5 Å². The highest BCUT2D eigenvalue weighted by Crippen LogP contribution is 2.35. The van der Waals surface area contributed by atoms with Gasteiger partial charge in [-0.25, -0.2) is 0 Å². The van der Waals surface area contributed by atoms with E-state index in [9.17, 15) is 10.1 Å². The smallest absolute Gasteiger partial charge is 0.266 e. The molecule has 0 bridgehead atoms. The zero-order chi connectivity index (χ0) is 24.0. The molecule has 0 aromatic heterocycles. The molecular formula is C24H16BrCl2IN2O3. The Labute approximate surface area is 223 Å². The summed E-state index contributed by atoms with van der Waals surface area (Å²) < 4.78 is 13.1. The molecule has 0 aliphatic rings. The molecule has 0 atom stereocenters. The lowest BCUT2D eigenvalue weighted by Crippen LogP contribution is -2.13. The van der Waals surface area contributed by atoms with Crippen molar-refractivity contribution in [2.75, 3.05) is 12.4 Å². The van der Waals surface area contributed by atoms with E-state index in [0.29, 0.717) is 38.9 Å². The molecule has 0 heterocycles. The van der Waals surface area contributed by atoms with Gasteiger partial charge in [-0.05, 0) is 76.2 Å². The molecule has 0 aliphatic carbocycles. The number of rotatable bonds is 7. The highest BCUT2D eigenvalue weighted by Gasteiger charge is 2.15. The zero-order valence-electron chi connectivity index (χ0n) is 17.2. The predicted molar refractivity (Wildman–Crippen MR) is 143 cm³/mol. The molecule has 0 radical (unpaired) electrons. The van der Waals surface area contributed by atoms with Crippen molar-refractivity contribution in [2.45, 2.75) is 6.61 Å². The third kappa shape index (κ3) is 6.64. The standard InChI is InChI=1S/C24H16BrCl2IN2O3/c1-32-21-10-15(18(25)11-22(21)33-13-14-5-7-17(28)8-6-14)9-16(12-29)24(31)30-20-4-2-3-19(26)23(20)27/h2-11H,13H2,1H3,(H,30,31)/b16-9-. The Bertz CT molecular complexity index is 1260. The third-order valence-electron chi connectivity index (χ3n) is 4.46. The third-order valence-corrected chi connectivity index (χ3v) is 6.68. The number of hydrogen-bond donors (Lipinski definition) is 1. The van der Waals surface area contributed by atoms with Crippen LogP contribution in [0.2, 0.25) is 10.0 Å². The molecule has 0 saturated heterocycles. The van der Waals surface area contributed by atoms with E-state index >= 15 is 0 Å². The molecule has 9 heteroatoms. The molecule has 5 nitrogen and oxygen atoms in total. The number of hydrogen-bond acceptors (Lipinski definition) is 4. The molecule has 1 N–H and O–H groups in total. The summed E-state index contributed by atoms with van der Waals surface area (Å²) in [7, 11) is 1.52. The molecule has 3 rings (SSSR count). The second kappa shape index (κ2) is 11.7. The van der Waals surface area contributed by atoms with Gasteiger partial charge in [0.2, 0.25) is 0 Å². The second-order valence-electron chi connectivity index (χ2n) is 6.67. The van der Waals surface area contributed by atoms with E-state index in [1.54, 1.807) is 30.3 Å². The molecule has 168 valence electrons. The fourth-order valence-electron chi connectivity index (χ4n) is 2.77. The van der Waals surface area contributed by atoms with Crippen molar-refractivity contribution in [1.29, 1.82) is 5.26 Å². The molecule has 3 aromatic rings. The molecule has 33 heavy (non-hydrogen) atoms. The minimum Gasteiger partial charge on any atom is -0.493 e. The van der Waals surface area contributed by atoms with E-state index in [1.807, 2.05) is 30.3 Å². The van der Waals surface area contributed by atoms with Gasteiger partial charge in [0.1, 0.15) is 18.2 Å². The maximum atomic E-state index is 12.7. The number of anilines is 1. The molecule has 0 spiro atoms. The summed E-state index contributed by atoms with van der Waals surface area (Å²) >= 11 is 17.8. The Hall–Kier alpha value is -2.25. The SMILES string of the molecule is COc1cc(/C=C(/C#N)C(=O)Nc2cccc(Cl)c2Cl)c(Br)cc1OCc1ccc(I)cc1. The van der Waals surface area contributed by atoms with Gasteiger partial charge in [0.05, 0.1) is 22.8 Å². The van der Waals surface area contributed by atoms with E-state index in [0.717, 1.165) is 9.13 Å². The first kappa shape index (κ1) is 25.4. The molecule has 0 saturated carbocycles. The van der Waals surface area contributed by atoms with Crippen LogP contribution in [0.25, 0.3) is 6.08 Å². The van der Waals surface area contributed by atoms with Crippen LogP contribution < -0.4 is 14.8 Å². The van der Waals surface area contributed by atoms with Gasteiger partial charge >= 0.3 is 0 Å². The Morgan fingerprint density at radius 1 is 1.18 bits per heavy atom. The number of ether oxygens (including phenoxy) is 2. The van der Waals surface area contributed by atoms with E-state index < -0.39 is 5.91 Å². The van der Waals surface area contributed by atoms with Crippen LogP contribution in [0.5, 0.6) is 11.5 Å². The van der Waals surface area contributed by atoms with E-state index in [4.69, 9.17) is 32.7 Å². The minimum absolute atomic E-state index is 0.124. The first-order valence-corrected chi connectivity index (χ1v) is 12.1. The van der Waals surface area contributed by atoms with Crippen molar-refractivity contribution in [3.8, 4) is 17.6 Å². The van der Waals surface area contributed by atoms with Crippen molar-refractivity contribution < 1.29 is 14.3 Å². The molecule has 0 unspecified atom stereocenters. The number of nitrogens with zero attached hydrogens (tertiary/aromatic N) is 1. The maximum Gasteiger partial charge on any atom is 0.266 e. The van der Waals surface area contributed by atoms with Crippen molar-refractivity contribution in [3.63, 3.8) is 0 Å². The molecular weight excluding hydrogens is 642 g/mol.